The quantitative estimate of drug-likeness (QED) is 0.679. The van der Waals surface area contributed by atoms with Crippen LogP contribution in [0.5, 0.6) is 5.75 Å². The number of aromatic hydroxyl groups is 1. The van der Waals surface area contributed by atoms with Gasteiger partial charge in [-0.25, -0.2) is 0 Å². The summed E-state index contributed by atoms with van der Waals surface area (Å²) in [5.41, 5.74) is 0.0910. The van der Waals surface area contributed by atoms with Crippen LogP contribution in [-0.4, -0.2) is 22.8 Å². The van der Waals surface area contributed by atoms with Crippen LogP contribution in [0.15, 0.2) is 16.9 Å². The highest BCUT2D eigenvalue weighted by molar-refractivity contribution is 5.69. The minimum atomic E-state index is -0.499. The first-order chi connectivity index (χ1) is 6.54. The van der Waals surface area contributed by atoms with E-state index in [4.69, 9.17) is 5.11 Å². The summed E-state index contributed by atoms with van der Waals surface area (Å²) >= 11 is 0. The Kier molecular flexibility index (Phi) is 2.91. The second-order valence-electron chi connectivity index (χ2n) is 2.86. The van der Waals surface area contributed by atoms with Crippen LogP contribution in [0.4, 0.5) is 0 Å². The number of pyridine rings is 1. The van der Waals surface area contributed by atoms with Crippen molar-refractivity contribution in [2.75, 3.05) is 7.11 Å². The van der Waals surface area contributed by atoms with Gasteiger partial charge in [-0.3, -0.25) is 9.59 Å². The van der Waals surface area contributed by atoms with E-state index in [0.29, 0.717) is 5.69 Å². The van der Waals surface area contributed by atoms with Gasteiger partial charge in [0.05, 0.1) is 7.11 Å². The number of nitrogens with zero attached hydrogens (tertiary/aromatic N) is 1. The monoisotopic (exact) mass is 197 g/mol. The third-order valence-electron chi connectivity index (χ3n) is 1.83. The van der Waals surface area contributed by atoms with Gasteiger partial charge in [-0.2, -0.15) is 0 Å². The van der Waals surface area contributed by atoms with E-state index in [1.54, 1.807) is 6.92 Å². The third-order valence-corrected chi connectivity index (χ3v) is 1.83. The largest absolute Gasteiger partial charge is 0.508 e. The molecule has 0 aliphatic heterocycles. The fourth-order valence-corrected chi connectivity index (χ4v) is 1.11. The number of methoxy groups -OCH3 is 1. The molecule has 0 aromatic carbocycles. The van der Waals surface area contributed by atoms with Gasteiger partial charge in [-0.1, -0.05) is 0 Å². The zero-order valence-corrected chi connectivity index (χ0v) is 7.98. The molecule has 5 heteroatoms. The van der Waals surface area contributed by atoms with Crippen LogP contribution in [0.3, 0.4) is 0 Å². The summed E-state index contributed by atoms with van der Waals surface area (Å²) < 4.78 is 5.66. The van der Waals surface area contributed by atoms with Crippen molar-refractivity contribution in [1.82, 2.24) is 4.57 Å². The van der Waals surface area contributed by atoms with Gasteiger partial charge in [0.2, 0.25) is 0 Å². The molecule has 76 valence electrons. The van der Waals surface area contributed by atoms with Gasteiger partial charge in [0.1, 0.15) is 12.3 Å². The molecule has 14 heavy (non-hydrogen) atoms. The van der Waals surface area contributed by atoms with Crippen molar-refractivity contribution in [3.05, 3.63) is 28.2 Å². The normalized spacial score (nSPS) is 9.86. The minimum absolute atomic E-state index is 0.103. The molecule has 0 spiro atoms. The standard InChI is InChI=1S/C9H11NO4/c1-6-3-7(11)4-8(12)10(6)5-9(13)14-2/h3-4,11H,5H2,1-2H3. The van der Waals surface area contributed by atoms with Crippen molar-refractivity contribution in [2.45, 2.75) is 13.5 Å². The Balaban J connectivity index is 3.09. The summed E-state index contributed by atoms with van der Waals surface area (Å²) in [6, 6.07) is 2.46. The zero-order valence-electron chi connectivity index (χ0n) is 7.98. The number of aromatic nitrogens is 1. The van der Waals surface area contributed by atoms with E-state index in [-0.39, 0.29) is 12.3 Å². The summed E-state index contributed by atoms with van der Waals surface area (Å²) in [5, 5.41) is 9.08. The number of hydrogen-bond donors (Lipinski definition) is 1. The Morgan fingerprint density at radius 2 is 2.21 bits per heavy atom. The molecule has 1 N–H and O–H groups in total. The van der Waals surface area contributed by atoms with Gasteiger partial charge in [-0.15, -0.1) is 0 Å². The lowest BCUT2D eigenvalue weighted by Crippen LogP contribution is -2.25. The van der Waals surface area contributed by atoms with E-state index in [0.717, 1.165) is 6.07 Å². The van der Waals surface area contributed by atoms with Crippen molar-refractivity contribution in [3.8, 4) is 5.75 Å². The Bertz CT molecular complexity index is 408. The summed E-state index contributed by atoms with van der Waals surface area (Å²) in [7, 11) is 1.25. The Labute approximate surface area is 80.6 Å². The van der Waals surface area contributed by atoms with Crippen molar-refractivity contribution in [3.63, 3.8) is 0 Å². The molecule has 5 nitrogen and oxygen atoms in total. The maximum Gasteiger partial charge on any atom is 0.325 e. The van der Waals surface area contributed by atoms with Crippen LogP contribution < -0.4 is 5.56 Å². The Morgan fingerprint density at radius 3 is 2.71 bits per heavy atom. The number of rotatable bonds is 2. The van der Waals surface area contributed by atoms with E-state index < -0.39 is 11.5 Å². The van der Waals surface area contributed by atoms with Gasteiger partial charge < -0.3 is 14.4 Å². The highest BCUT2D eigenvalue weighted by atomic mass is 16.5. The van der Waals surface area contributed by atoms with E-state index in [9.17, 15) is 9.59 Å². The van der Waals surface area contributed by atoms with E-state index in [1.807, 2.05) is 0 Å². The smallest absolute Gasteiger partial charge is 0.325 e. The second kappa shape index (κ2) is 3.95. The number of ether oxygens (including phenoxy) is 1. The van der Waals surface area contributed by atoms with Crippen LogP contribution in [-0.2, 0) is 16.1 Å². The third kappa shape index (κ3) is 2.12. The first-order valence-electron chi connectivity index (χ1n) is 4.02. The van der Waals surface area contributed by atoms with Gasteiger partial charge in [0.25, 0.3) is 5.56 Å². The van der Waals surface area contributed by atoms with Crippen molar-refractivity contribution in [1.29, 1.82) is 0 Å². The SMILES string of the molecule is COC(=O)Cn1c(C)cc(O)cc1=O. The fraction of sp³-hybridized carbons (Fsp3) is 0.333. The van der Waals surface area contributed by atoms with E-state index in [2.05, 4.69) is 4.74 Å². The van der Waals surface area contributed by atoms with Crippen LogP contribution >= 0.6 is 0 Å². The van der Waals surface area contributed by atoms with Crippen molar-refractivity contribution >= 4 is 5.97 Å². The van der Waals surface area contributed by atoms with Gasteiger partial charge in [0.15, 0.2) is 0 Å². The summed E-state index contributed by atoms with van der Waals surface area (Å²) in [6.07, 6.45) is 0. The molecule has 0 saturated carbocycles. The highest BCUT2D eigenvalue weighted by Crippen LogP contribution is 2.06. The fourth-order valence-electron chi connectivity index (χ4n) is 1.11. The van der Waals surface area contributed by atoms with Crippen LogP contribution in [0.25, 0.3) is 0 Å². The van der Waals surface area contributed by atoms with Crippen molar-refractivity contribution in [2.24, 2.45) is 0 Å². The van der Waals surface area contributed by atoms with E-state index in [1.165, 1.54) is 17.7 Å². The Morgan fingerprint density at radius 1 is 1.57 bits per heavy atom. The second-order valence-corrected chi connectivity index (χ2v) is 2.86. The average molecular weight is 197 g/mol. The molecule has 1 aromatic rings. The molecule has 0 saturated heterocycles. The van der Waals surface area contributed by atoms with Crippen molar-refractivity contribution < 1.29 is 14.6 Å². The lowest BCUT2D eigenvalue weighted by molar-refractivity contribution is -0.141. The molecule has 0 radical (unpaired) electrons. The summed E-state index contributed by atoms with van der Waals surface area (Å²) in [5.74, 6) is -0.602. The first-order valence-corrected chi connectivity index (χ1v) is 4.02. The molecule has 0 atom stereocenters. The minimum Gasteiger partial charge on any atom is -0.508 e. The lowest BCUT2D eigenvalue weighted by Gasteiger charge is -2.07. The van der Waals surface area contributed by atoms with Gasteiger partial charge in [-0.05, 0) is 13.0 Å². The lowest BCUT2D eigenvalue weighted by atomic mass is 10.3. The van der Waals surface area contributed by atoms with Crippen LogP contribution in [0, 0.1) is 6.92 Å². The number of esters is 1. The Hall–Kier alpha value is -1.78. The number of carbonyl (C=O) groups is 1. The predicted molar refractivity (Wildman–Crippen MR) is 49.1 cm³/mol. The van der Waals surface area contributed by atoms with Crippen LogP contribution in [0.2, 0.25) is 0 Å². The first kappa shape index (κ1) is 10.3. The van der Waals surface area contributed by atoms with Gasteiger partial charge >= 0.3 is 5.97 Å². The maximum absolute atomic E-state index is 11.3. The number of aryl methyl sites for hydroxylation is 1. The molecular weight excluding hydrogens is 186 g/mol. The molecule has 0 fully saturated rings. The molecule has 1 rings (SSSR count). The maximum atomic E-state index is 11.3. The van der Waals surface area contributed by atoms with Crippen LogP contribution in [0.1, 0.15) is 5.69 Å². The highest BCUT2D eigenvalue weighted by Gasteiger charge is 2.07. The molecule has 1 aromatic heterocycles. The molecule has 0 aliphatic rings. The molecular formula is C9H11NO4. The van der Waals surface area contributed by atoms with Gasteiger partial charge in [0, 0.05) is 11.8 Å². The summed E-state index contributed by atoms with van der Waals surface area (Å²) in [4.78, 5) is 22.2. The number of carbonyl (C=O) groups excluding carboxylic acids is 1. The average Bonchev–Trinajstić information content (AvgIpc) is 2.10. The molecule has 0 amide bonds. The predicted octanol–water partition coefficient (Wildman–Crippen LogP) is 0.0353. The zero-order chi connectivity index (χ0) is 10.7. The van der Waals surface area contributed by atoms with E-state index >= 15 is 0 Å². The number of hydrogen-bond acceptors (Lipinski definition) is 4. The molecule has 0 aliphatic carbocycles. The topological polar surface area (TPSA) is 68.5 Å². The molecule has 1 heterocycles. The molecule has 0 bridgehead atoms. The summed E-state index contributed by atoms with van der Waals surface area (Å²) in [6.45, 7) is 1.49. The molecule has 0 unspecified atom stereocenters.